The van der Waals surface area contributed by atoms with E-state index in [1.165, 1.54) is 19.2 Å². The van der Waals surface area contributed by atoms with Gasteiger partial charge in [0.05, 0.1) is 31.5 Å². The van der Waals surface area contributed by atoms with Crippen molar-refractivity contribution in [2.45, 2.75) is 66.9 Å². The fraction of sp³-hybridized carbons (Fsp3) is 0.542. The lowest BCUT2D eigenvalue weighted by molar-refractivity contribution is -0.0469. The summed E-state index contributed by atoms with van der Waals surface area (Å²) < 4.78 is 26.5. The Morgan fingerprint density at radius 3 is 2.11 bits per heavy atom. The lowest BCUT2D eigenvalue weighted by Gasteiger charge is -2.20. The number of methoxy groups -OCH3 is 1. The van der Waals surface area contributed by atoms with Crippen LogP contribution in [-0.2, 0) is 14.2 Å². The molecule has 1 aromatic carbocycles. The van der Waals surface area contributed by atoms with Crippen LogP contribution in [0.2, 0.25) is 0 Å². The molecule has 198 valence electrons. The third-order valence-electron chi connectivity index (χ3n) is 4.60. The van der Waals surface area contributed by atoms with Crippen LogP contribution in [0.5, 0.6) is 11.5 Å². The molecule has 1 unspecified atom stereocenters. The van der Waals surface area contributed by atoms with Gasteiger partial charge in [0.1, 0.15) is 0 Å². The van der Waals surface area contributed by atoms with Crippen molar-refractivity contribution in [1.29, 1.82) is 0 Å². The fourth-order valence-electron chi connectivity index (χ4n) is 3.10. The Balaban J connectivity index is 2.60. The summed E-state index contributed by atoms with van der Waals surface area (Å²) in [6.07, 6.45) is -2.64. The summed E-state index contributed by atoms with van der Waals surface area (Å²) in [7, 11) is 1.45. The molecule has 12 heteroatoms. The Bertz CT molecular complexity index is 1090. The number of ether oxygens (including phenoxy) is 5. The number of hydrogen-bond acceptors (Lipinski definition) is 11. The molecule has 0 aliphatic rings. The van der Waals surface area contributed by atoms with E-state index in [0.717, 1.165) is 4.80 Å². The molecule has 0 aliphatic heterocycles. The molecule has 0 saturated carbocycles. The number of nitrogen functional groups attached to an aromatic ring is 1. The number of esters is 1. The van der Waals surface area contributed by atoms with Crippen LogP contribution in [0.4, 0.5) is 10.5 Å². The molecular weight excluding hydrogens is 472 g/mol. The Morgan fingerprint density at radius 2 is 1.58 bits per heavy atom. The Kier molecular flexibility index (Phi) is 9.65. The van der Waals surface area contributed by atoms with Gasteiger partial charge in [0.2, 0.25) is 17.7 Å². The SMILES string of the molecule is CCOC(=O)c1nn(C(OC(=O)OC(C)C)C(C)C)nc1C(=O)c1cc(OC(C)C)c(OC)cc1N. The minimum Gasteiger partial charge on any atom is -0.493 e. The molecule has 0 spiro atoms. The molecule has 1 atom stereocenters. The van der Waals surface area contributed by atoms with Gasteiger partial charge in [-0.15, -0.1) is 15.0 Å². The van der Waals surface area contributed by atoms with Crippen molar-refractivity contribution < 1.29 is 38.1 Å². The first kappa shape index (κ1) is 28.4. The van der Waals surface area contributed by atoms with Crippen molar-refractivity contribution in [2.24, 2.45) is 5.92 Å². The number of anilines is 1. The average molecular weight is 507 g/mol. The van der Waals surface area contributed by atoms with Crippen LogP contribution in [0.1, 0.15) is 81.2 Å². The van der Waals surface area contributed by atoms with Gasteiger partial charge in [-0.25, -0.2) is 9.59 Å². The Labute approximate surface area is 210 Å². The first-order valence-electron chi connectivity index (χ1n) is 11.6. The average Bonchev–Trinajstić information content (AvgIpc) is 3.22. The zero-order valence-corrected chi connectivity index (χ0v) is 21.9. The monoisotopic (exact) mass is 506 g/mol. The maximum absolute atomic E-state index is 13.6. The van der Waals surface area contributed by atoms with Crippen LogP contribution < -0.4 is 15.2 Å². The predicted molar refractivity (Wildman–Crippen MR) is 129 cm³/mol. The van der Waals surface area contributed by atoms with Gasteiger partial charge in [-0.05, 0) is 40.7 Å². The smallest absolute Gasteiger partial charge is 0.493 e. The summed E-state index contributed by atoms with van der Waals surface area (Å²) in [6, 6.07) is 2.86. The van der Waals surface area contributed by atoms with Gasteiger partial charge in [0.25, 0.3) is 0 Å². The van der Waals surface area contributed by atoms with E-state index >= 15 is 0 Å². The second kappa shape index (κ2) is 12.2. The minimum absolute atomic E-state index is 0.0188. The maximum Gasteiger partial charge on any atom is 0.510 e. The van der Waals surface area contributed by atoms with Crippen LogP contribution >= 0.6 is 0 Å². The highest BCUT2D eigenvalue weighted by molar-refractivity contribution is 6.15. The fourth-order valence-corrected chi connectivity index (χ4v) is 3.10. The normalized spacial score (nSPS) is 12.0. The topological polar surface area (TPSA) is 154 Å². The zero-order valence-electron chi connectivity index (χ0n) is 21.9. The van der Waals surface area contributed by atoms with E-state index in [2.05, 4.69) is 10.2 Å². The molecule has 1 heterocycles. The summed E-state index contributed by atoms with van der Waals surface area (Å²) >= 11 is 0. The van der Waals surface area contributed by atoms with Crippen molar-refractivity contribution in [3.8, 4) is 11.5 Å². The van der Waals surface area contributed by atoms with Crippen LogP contribution in [0.25, 0.3) is 0 Å². The number of nitrogens with zero attached hydrogens (tertiary/aromatic N) is 3. The minimum atomic E-state index is -1.07. The molecule has 2 rings (SSSR count). The van der Waals surface area contributed by atoms with E-state index in [1.54, 1.807) is 34.6 Å². The molecule has 0 radical (unpaired) electrons. The largest absolute Gasteiger partial charge is 0.510 e. The Hall–Kier alpha value is -3.83. The van der Waals surface area contributed by atoms with Crippen LogP contribution in [-0.4, -0.2) is 58.8 Å². The van der Waals surface area contributed by atoms with Crippen molar-refractivity contribution in [1.82, 2.24) is 15.0 Å². The number of rotatable bonds is 11. The van der Waals surface area contributed by atoms with Gasteiger partial charge < -0.3 is 29.4 Å². The van der Waals surface area contributed by atoms with Crippen molar-refractivity contribution in [3.63, 3.8) is 0 Å². The molecule has 0 aliphatic carbocycles. The highest BCUT2D eigenvalue weighted by Gasteiger charge is 2.32. The highest BCUT2D eigenvalue weighted by Crippen LogP contribution is 2.34. The number of carbonyl (C=O) groups is 3. The van der Waals surface area contributed by atoms with Crippen molar-refractivity contribution in [3.05, 3.63) is 29.1 Å². The summed E-state index contributed by atoms with van der Waals surface area (Å²) in [5.41, 5.74) is 5.55. The third kappa shape index (κ3) is 6.86. The molecule has 1 aromatic heterocycles. The molecule has 2 aromatic rings. The summed E-state index contributed by atoms with van der Waals surface area (Å²) in [4.78, 5) is 39.4. The zero-order chi connectivity index (χ0) is 27.2. The lowest BCUT2D eigenvalue weighted by Crippen LogP contribution is -2.26. The van der Waals surface area contributed by atoms with Gasteiger partial charge in [0, 0.05) is 17.7 Å². The quantitative estimate of drug-likeness (QED) is 0.269. The first-order valence-corrected chi connectivity index (χ1v) is 11.6. The number of benzene rings is 1. The number of nitrogens with two attached hydrogens (primary N) is 1. The van der Waals surface area contributed by atoms with Gasteiger partial charge in [-0.1, -0.05) is 13.8 Å². The maximum atomic E-state index is 13.6. The number of aromatic nitrogens is 3. The van der Waals surface area contributed by atoms with Gasteiger partial charge in [0.15, 0.2) is 17.2 Å². The van der Waals surface area contributed by atoms with Crippen LogP contribution in [0.3, 0.4) is 0 Å². The van der Waals surface area contributed by atoms with Gasteiger partial charge in [-0.2, -0.15) is 0 Å². The number of carbonyl (C=O) groups excluding carboxylic acids is 3. The predicted octanol–water partition coefficient (Wildman–Crippen LogP) is 3.78. The van der Waals surface area contributed by atoms with Gasteiger partial charge >= 0.3 is 12.1 Å². The molecule has 0 bridgehead atoms. The van der Waals surface area contributed by atoms with Gasteiger partial charge in [-0.3, -0.25) is 4.79 Å². The van der Waals surface area contributed by atoms with E-state index < -0.39 is 30.2 Å². The number of hydrogen-bond donors (Lipinski definition) is 1. The van der Waals surface area contributed by atoms with E-state index in [4.69, 9.17) is 29.4 Å². The molecule has 0 saturated heterocycles. The third-order valence-corrected chi connectivity index (χ3v) is 4.60. The van der Waals surface area contributed by atoms with Crippen molar-refractivity contribution >= 4 is 23.6 Å². The van der Waals surface area contributed by atoms with E-state index in [1.807, 2.05) is 13.8 Å². The second-order valence-corrected chi connectivity index (χ2v) is 8.69. The molecule has 0 fully saturated rings. The van der Waals surface area contributed by atoms with E-state index in [-0.39, 0.29) is 47.0 Å². The summed E-state index contributed by atoms with van der Waals surface area (Å²) in [5.74, 6) is -1.29. The molecule has 12 nitrogen and oxygen atoms in total. The molecule has 2 N–H and O–H groups in total. The Morgan fingerprint density at radius 1 is 0.944 bits per heavy atom. The van der Waals surface area contributed by atoms with Crippen molar-refractivity contribution in [2.75, 3.05) is 19.5 Å². The number of ketones is 1. The molecular formula is C24H34N4O8. The summed E-state index contributed by atoms with van der Waals surface area (Å²) in [6.45, 7) is 12.1. The summed E-state index contributed by atoms with van der Waals surface area (Å²) in [5, 5.41) is 8.36. The standard InChI is InChI=1S/C24H34N4O8/c1-9-33-23(30)20-19(26-28(27-20)22(12(2)3)36-24(31)35-14(6)7)21(29)15-10-18(34-13(4)5)17(32-8)11-16(15)25/h10-14,22H,9,25H2,1-8H3. The van der Waals surface area contributed by atoms with E-state index in [9.17, 15) is 14.4 Å². The first-order chi connectivity index (χ1) is 16.9. The van der Waals surface area contributed by atoms with E-state index in [0.29, 0.717) is 5.75 Å². The molecule has 36 heavy (non-hydrogen) atoms. The second-order valence-electron chi connectivity index (χ2n) is 8.69. The lowest BCUT2D eigenvalue weighted by atomic mass is 10.0. The molecule has 0 amide bonds. The van der Waals surface area contributed by atoms with Crippen LogP contribution in [0, 0.1) is 5.92 Å². The highest BCUT2D eigenvalue weighted by atomic mass is 16.7. The van der Waals surface area contributed by atoms with Crippen LogP contribution in [0.15, 0.2) is 12.1 Å².